The van der Waals surface area contributed by atoms with E-state index in [1.807, 2.05) is 174 Å². The second-order valence-electron chi connectivity index (χ2n) is 31.0. The monoisotopic (exact) mass is 1530 g/mol. The fraction of sp³-hybridized carbons (Fsp3) is 0.420. The highest BCUT2D eigenvalue weighted by Gasteiger charge is 2.52. The van der Waals surface area contributed by atoms with Crippen molar-refractivity contribution in [3.05, 3.63) is 198 Å². The zero-order chi connectivity index (χ0) is 77.3. The van der Waals surface area contributed by atoms with E-state index in [0.29, 0.717) is 17.6 Å². The number of carboxylic acids is 1. The summed E-state index contributed by atoms with van der Waals surface area (Å²) < 4.78 is 59.3. The first kappa shape index (κ1) is 81.9. The summed E-state index contributed by atoms with van der Waals surface area (Å²) in [5.41, 5.74) is 13.0. The van der Waals surface area contributed by atoms with E-state index < -0.39 is 47.1 Å². The lowest BCUT2D eigenvalue weighted by Crippen LogP contribution is -2.41. The molecule has 0 bridgehead atoms. The van der Waals surface area contributed by atoms with Gasteiger partial charge < -0.3 is 52.3 Å². The van der Waals surface area contributed by atoms with E-state index in [9.17, 15) is 19.5 Å². The van der Waals surface area contributed by atoms with Crippen molar-refractivity contribution in [2.45, 2.75) is 209 Å². The third-order valence-corrected chi connectivity index (χ3v) is 22.4. The smallest absolute Gasteiger partial charge is 0.493 e. The molecule has 1 fully saturated rings. The summed E-state index contributed by atoms with van der Waals surface area (Å²) in [6, 6.07) is 49.2. The molecule has 3 atom stereocenters. The topological polar surface area (TPSA) is 164 Å². The van der Waals surface area contributed by atoms with Gasteiger partial charge in [-0.15, -0.1) is 34.0 Å². The molecule has 6 aromatic carbocycles. The van der Waals surface area contributed by atoms with E-state index in [1.54, 1.807) is 29.6 Å². The summed E-state index contributed by atoms with van der Waals surface area (Å²) in [5, 5.41) is 10.1. The molecule has 0 spiro atoms. The number of hydrogen-bond donors (Lipinski definition) is 1. The van der Waals surface area contributed by atoms with E-state index in [1.165, 1.54) is 28.0 Å². The summed E-state index contributed by atoms with van der Waals surface area (Å²) in [4.78, 5) is 43.5. The quantitative estimate of drug-likeness (QED) is 0.0676. The van der Waals surface area contributed by atoms with Gasteiger partial charge in [0.15, 0.2) is 18.3 Å². The van der Waals surface area contributed by atoms with Gasteiger partial charge in [0.05, 0.1) is 61.0 Å². The first-order valence-electron chi connectivity index (χ1n) is 37.1. The Morgan fingerprint density at radius 1 is 0.467 bits per heavy atom. The number of carbonyl (C=O) groups is 3. The number of ether oxygens (including phenoxy) is 8. The molecule has 0 saturated carbocycles. The van der Waals surface area contributed by atoms with Gasteiger partial charge in [-0.3, -0.25) is 0 Å². The average Bonchev–Trinajstić information content (AvgIpc) is 1.70. The Hall–Kier alpha value is -7.62. The van der Waals surface area contributed by atoms with Crippen LogP contribution in [-0.4, -0.2) is 91.2 Å². The van der Waals surface area contributed by atoms with Crippen LogP contribution in [0, 0.1) is 20.8 Å². The highest BCUT2D eigenvalue weighted by molar-refractivity contribution is 7.17. The number of aryl methyl sites for hydroxylation is 6. The van der Waals surface area contributed by atoms with Crippen LogP contribution in [0.4, 0.5) is 0 Å². The van der Waals surface area contributed by atoms with E-state index >= 15 is 0 Å². The highest BCUT2D eigenvalue weighted by atomic mass is 35.5. The lowest BCUT2D eigenvalue weighted by atomic mass is 9.79. The Kier molecular flexibility index (Phi) is 26.8. The van der Waals surface area contributed by atoms with Gasteiger partial charge in [0.1, 0.15) is 21.6 Å². The lowest BCUT2D eigenvalue weighted by Gasteiger charge is -2.32. The van der Waals surface area contributed by atoms with Crippen LogP contribution < -0.4 is 19.7 Å². The number of rotatable bonds is 17. The third-order valence-electron chi connectivity index (χ3n) is 18.8. The highest BCUT2D eigenvalue weighted by Crippen LogP contribution is 2.52. The number of esters is 2. The Bertz CT molecular complexity index is 4520. The molecule has 0 radical (unpaired) electrons. The lowest BCUT2D eigenvalue weighted by molar-refractivity contribution is -0.167. The van der Waals surface area contributed by atoms with Gasteiger partial charge in [-0.1, -0.05) is 121 Å². The minimum Gasteiger partial charge on any atom is -0.493 e. The van der Waals surface area contributed by atoms with Gasteiger partial charge >= 0.3 is 25.0 Å². The molecule has 19 heteroatoms. The van der Waals surface area contributed by atoms with E-state index in [0.717, 1.165) is 167 Å². The summed E-state index contributed by atoms with van der Waals surface area (Å²) >= 11 is 11.4. The molecule has 568 valence electrons. The largest absolute Gasteiger partial charge is 0.494 e. The first-order valence-corrected chi connectivity index (χ1v) is 39.9. The molecule has 9 aromatic rings. The van der Waals surface area contributed by atoms with E-state index in [4.69, 9.17) is 58.8 Å². The average molecular weight is 1530 g/mol. The van der Waals surface area contributed by atoms with Crippen LogP contribution in [0.2, 0.25) is 4.34 Å². The molecule has 4 aliphatic rings. The summed E-state index contributed by atoms with van der Waals surface area (Å²) in [7, 11) is -0.240. The SMILES string of the molecule is CC1(C)OB(c2ccccc2)OC1(C)C.CCOC(=O)C(OC(C)(C)C)c1c(C)sc(-c2ccccc2)c1-c1ccc2c(c1)CCCO2.CCOC(=O)C(OC(C)(C)C)c1c(C)sc(Cl)c1-c1ccc2c(c1)CCCO2.Cc1sc(-c2ccccc2)c(-c2ccc3c(c2)CCCO3)c1C(OC(C)(C)C)C(=O)O. The van der Waals surface area contributed by atoms with Crippen molar-refractivity contribution in [2.24, 2.45) is 0 Å². The second kappa shape index (κ2) is 35.0. The molecular weight excluding hydrogens is 1420 g/mol. The van der Waals surface area contributed by atoms with Crippen LogP contribution in [0.1, 0.15) is 189 Å². The maximum Gasteiger partial charge on any atom is 0.494 e. The zero-order valence-corrected chi connectivity index (χ0v) is 68.5. The molecule has 0 amide bonds. The number of benzene rings is 6. The Morgan fingerprint density at radius 2 is 0.794 bits per heavy atom. The Labute approximate surface area is 650 Å². The van der Waals surface area contributed by atoms with Crippen LogP contribution >= 0.6 is 45.6 Å². The predicted molar refractivity (Wildman–Crippen MR) is 435 cm³/mol. The molecule has 107 heavy (non-hydrogen) atoms. The maximum atomic E-state index is 13.2. The van der Waals surface area contributed by atoms with Gasteiger partial charge in [-0.05, 0) is 250 Å². The fourth-order valence-corrected chi connectivity index (χ4v) is 17.2. The maximum absolute atomic E-state index is 13.2. The molecular formula is C88H104BClO14S3. The van der Waals surface area contributed by atoms with Crippen LogP contribution in [0.5, 0.6) is 17.2 Å². The fourth-order valence-electron chi connectivity index (χ4n) is 13.3. The van der Waals surface area contributed by atoms with Crippen molar-refractivity contribution in [1.29, 1.82) is 0 Å². The van der Waals surface area contributed by atoms with Gasteiger partial charge in [0, 0.05) is 57.8 Å². The number of fused-ring (bicyclic) bond motifs is 3. The van der Waals surface area contributed by atoms with Crippen LogP contribution in [0.3, 0.4) is 0 Å². The molecule has 7 heterocycles. The minimum atomic E-state index is -1.05. The number of carbonyl (C=O) groups excluding carboxylic acids is 2. The van der Waals surface area contributed by atoms with E-state index in [2.05, 4.69) is 89.2 Å². The molecule has 4 aliphatic heterocycles. The van der Waals surface area contributed by atoms with Crippen molar-refractivity contribution in [3.63, 3.8) is 0 Å². The minimum absolute atomic E-state index is 0.240. The summed E-state index contributed by atoms with van der Waals surface area (Å²) in [6.07, 6.45) is 3.24. The van der Waals surface area contributed by atoms with Crippen molar-refractivity contribution in [3.8, 4) is 71.5 Å². The van der Waals surface area contributed by atoms with Crippen molar-refractivity contribution in [1.82, 2.24) is 0 Å². The van der Waals surface area contributed by atoms with Gasteiger partial charge in [0.25, 0.3) is 0 Å². The molecule has 14 nitrogen and oxygen atoms in total. The zero-order valence-electron chi connectivity index (χ0n) is 65.3. The van der Waals surface area contributed by atoms with Gasteiger partial charge in [0.2, 0.25) is 0 Å². The Morgan fingerprint density at radius 3 is 1.15 bits per heavy atom. The number of aliphatic carboxylic acids is 1. The summed E-state index contributed by atoms with van der Waals surface area (Å²) in [6.45, 7) is 38.1. The molecule has 13 rings (SSSR count). The standard InChI is InChI=1S/C28H32O4S.C26H28O4S.C22H27ClO4S.C12H17BO2/c1-6-30-27(29)25(32-28(3,4)5)23-18(2)33-26(19-11-8-7-9-12-19)24(23)21-14-15-22-20(17-21)13-10-16-31-22;1-16-21(23(25(27)28)30-26(2,3)4)22(24(31-16)17-9-6-5-7-10-17)19-12-13-20-18(15-19)11-8-14-29-20;1-6-25-21(24)19(27-22(3,4)5)17-13(2)28-20(23)18(17)15-9-10-16-14(12-15)8-7-11-26-16;1-11(2)12(3,4)15-13(14-11)10-8-6-5-7-9-10/h7-9,11-12,14-15,17,25H,6,10,13,16H2,1-5H3;5-7,9-10,12-13,15,23H,8,11,14H2,1-4H3,(H,27,28);9-10,12,19H,6-8,11H2,1-5H3;5-9H,1-4H3. The van der Waals surface area contributed by atoms with Gasteiger partial charge in [-0.25, -0.2) is 14.4 Å². The molecule has 1 saturated heterocycles. The number of halogens is 1. The van der Waals surface area contributed by atoms with Crippen molar-refractivity contribution >= 4 is 76.1 Å². The van der Waals surface area contributed by atoms with Crippen LogP contribution in [-0.2, 0) is 66.6 Å². The first-order chi connectivity index (χ1) is 50.7. The molecule has 3 unspecified atom stereocenters. The second-order valence-corrected chi connectivity index (χ2v) is 35.3. The van der Waals surface area contributed by atoms with Crippen LogP contribution in [0.25, 0.3) is 54.3 Å². The predicted octanol–water partition coefficient (Wildman–Crippen LogP) is 21.9. The Balaban J connectivity index is 0.000000157. The molecule has 1 N–H and O–H groups in total. The number of hydrogen-bond acceptors (Lipinski definition) is 16. The molecule has 3 aromatic heterocycles. The molecule has 0 aliphatic carbocycles. The normalized spacial score (nSPS) is 15.8. The van der Waals surface area contributed by atoms with Crippen LogP contribution in [0.15, 0.2) is 146 Å². The van der Waals surface area contributed by atoms with E-state index in [-0.39, 0.29) is 24.3 Å². The third kappa shape index (κ3) is 20.3. The number of carboxylic acid groups (broad SMARTS) is 1. The summed E-state index contributed by atoms with van der Waals surface area (Å²) in [5.74, 6) is 1.08. The van der Waals surface area contributed by atoms with Crippen molar-refractivity contribution in [2.75, 3.05) is 33.0 Å². The van der Waals surface area contributed by atoms with Crippen molar-refractivity contribution < 1.29 is 66.7 Å². The number of thiophene rings is 3. The van der Waals surface area contributed by atoms with Gasteiger partial charge in [-0.2, -0.15) is 0 Å².